The van der Waals surface area contributed by atoms with Crippen LogP contribution in [0, 0.1) is 17.2 Å². The van der Waals surface area contributed by atoms with Gasteiger partial charge in [0, 0.05) is 5.71 Å². The fraction of sp³-hybridized carbons (Fsp3) is 0.440. The van der Waals surface area contributed by atoms with Gasteiger partial charge in [-0.2, -0.15) is 5.26 Å². The lowest BCUT2D eigenvalue weighted by atomic mass is 9.95. The van der Waals surface area contributed by atoms with Crippen LogP contribution in [0.1, 0.15) is 74.4 Å². The van der Waals surface area contributed by atoms with Crippen molar-refractivity contribution in [2.75, 3.05) is 0 Å². The zero-order valence-electron chi connectivity index (χ0n) is 17.5. The average Bonchev–Trinajstić information content (AvgIpc) is 2.68. The molecule has 0 aliphatic rings. The molecule has 2 nitrogen and oxygen atoms in total. The molecule has 0 saturated heterocycles. The summed E-state index contributed by atoms with van der Waals surface area (Å²) in [6.45, 7) is 11.6. The monoisotopic (exact) mass is 360 g/mol. The van der Waals surface area contributed by atoms with Crippen molar-refractivity contribution in [2.45, 2.75) is 66.8 Å². The van der Waals surface area contributed by atoms with Crippen molar-refractivity contribution < 1.29 is 0 Å². The number of aliphatic imine (C=N–C) groups is 1. The van der Waals surface area contributed by atoms with Gasteiger partial charge in [0.2, 0.25) is 0 Å². The first-order chi connectivity index (χ1) is 13.0. The van der Waals surface area contributed by atoms with Crippen molar-refractivity contribution in [3.05, 3.63) is 69.8 Å². The van der Waals surface area contributed by atoms with Gasteiger partial charge in [0.05, 0.1) is 18.2 Å². The Balaban J connectivity index is 2.33. The standard InChI is InChI=1S/C25H32N2/c1-6-19-10-9-11-22(24(19)7-2)17-27-25(8-3)21-13-12-20(14-18(4)5)23(15-21)16-26/h9-13,15,18H,6-8,14,17H2,1-5H3/b27-25+. The van der Waals surface area contributed by atoms with E-state index in [-0.39, 0.29) is 0 Å². The van der Waals surface area contributed by atoms with Gasteiger partial charge in [-0.25, -0.2) is 0 Å². The molecule has 2 aromatic carbocycles. The van der Waals surface area contributed by atoms with Crippen LogP contribution in [0.2, 0.25) is 0 Å². The number of aryl methyl sites for hydroxylation is 1. The third-order valence-electron chi connectivity index (χ3n) is 5.07. The van der Waals surface area contributed by atoms with Gasteiger partial charge in [-0.15, -0.1) is 0 Å². The summed E-state index contributed by atoms with van der Waals surface area (Å²) in [4.78, 5) is 4.94. The van der Waals surface area contributed by atoms with Crippen LogP contribution in [0.5, 0.6) is 0 Å². The first-order valence-corrected chi connectivity index (χ1v) is 10.2. The van der Waals surface area contributed by atoms with E-state index in [4.69, 9.17) is 4.99 Å². The number of benzene rings is 2. The van der Waals surface area contributed by atoms with Gasteiger partial charge in [-0.3, -0.25) is 4.99 Å². The van der Waals surface area contributed by atoms with Crippen molar-refractivity contribution in [2.24, 2.45) is 10.9 Å². The lowest BCUT2D eigenvalue weighted by Crippen LogP contribution is -2.05. The molecule has 0 heterocycles. The van der Waals surface area contributed by atoms with Gasteiger partial charge in [0.1, 0.15) is 0 Å². The van der Waals surface area contributed by atoms with Crippen molar-refractivity contribution in [1.29, 1.82) is 5.26 Å². The number of hydrogen-bond acceptors (Lipinski definition) is 2. The summed E-state index contributed by atoms with van der Waals surface area (Å²) in [5.74, 6) is 0.542. The average molecular weight is 361 g/mol. The molecule has 0 amide bonds. The molecule has 0 aromatic heterocycles. The highest BCUT2D eigenvalue weighted by Crippen LogP contribution is 2.20. The van der Waals surface area contributed by atoms with Gasteiger partial charge in [0.25, 0.3) is 0 Å². The van der Waals surface area contributed by atoms with E-state index in [0.717, 1.165) is 48.1 Å². The molecule has 0 fully saturated rings. The van der Waals surface area contributed by atoms with E-state index in [1.807, 2.05) is 6.07 Å². The summed E-state index contributed by atoms with van der Waals surface area (Å²) < 4.78 is 0. The van der Waals surface area contributed by atoms with Crippen LogP contribution < -0.4 is 0 Å². The van der Waals surface area contributed by atoms with Crippen molar-refractivity contribution in [3.63, 3.8) is 0 Å². The normalized spacial score (nSPS) is 11.7. The van der Waals surface area contributed by atoms with Gasteiger partial charge in [0.15, 0.2) is 0 Å². The highest BCUT2D eigenvalue weighted by atomic mass is 14.7. The van der Waals surface area contributed by atoms with Crippen molar-refractivity contribution in [3.8, 4) is 6.07 Å². The van der Waals surface area contributed by atoms with E-state index in [2.05, 4.69) is 71.0 Å². The van der Waals surface area contributed by atoms with Gasteiger partial charge < -0.3 is 0 Å². The van der Waals surface area contributed by atoms with E-state index in [0.29, 0.717) is 12.5 Å². The largest absolute Gasteiger partial charge is 0.284 e. The van der Waals surface area contributed by atoms with Crippen LogP contribution in [0.4, 0.5) is 0 Å². The van der Waals surface area contributed by atoms with E-state index >= 15 is 0 Å². The molecule has 0 spiro atoms. The quantitative estimate of drug-likeness (QED) is 0.510. The lowest BCUT2D eigenvalue weighted by Gasteiger charge is -2.13. The maximum absolute atomic E-state index is 9.55. The predicted octanol–water partition coefficient (Wildman–Crippen LogP) is 6.28. The summed E-state index contributed by atoms with van der Waals surface area (Å²) in [5.41, 5.74) is 8.25. The highest BCUT2D eigenvalue weighted by molar-refractivity contribution is 6.00. The topological polar surface area (TPSA) is 36.1 Å². The Kier molecular flexibility index (Phi) is 7.80. The van der Waals surface area contributed by atoms with Crippen molar-refractivity contribution >= 4 is 5.71 Å². The Morgan fingerprint density at radius 1 is 1.00 bits per heavy atom. The van der Waals surface area contributed by atoms with Gasteiger partial charge >= 0.3 is 0 Å². The van der Waals surface area contributed by atoms with Crippen LogP contribution in [-0.2, 0) is 25.8 Å². The minimum atomic E-state index is 0.542. The van der Waals surface area contributed by atoms with Crippen molar-refractivity contribution in [1.82, 2.24) is 0 Å². The maximum atomic E-state index is 9.55. The molecule has 0 unspecified atom stereocenters. The second-order valence-electron chi connectivity index (χ2n) is 7.46. The highest BCUT2D eigenvalue weighted by Gasteiger charge is 2.10. The molecule has 0 aliphatic heterocycles. The number of hydrogen-bond donors (Lipinski definition) is 0. The second-order valence-corrected chi connectivity index (χ2v) is 7.46. The fourth-order valence-corrected chi connectivity index (χ4v) is 3.69. The molecular weight excluding hydrogens is 328 g/mol. The molecule has 0 radical (unpaired) electrons. The van der Waals surface area contributed by atoms with Crippen LogP contribution in [-0.4, -0.2) is 5.71 Å². The Hall–Kier alpha value is -2.40. The SMILES string of the molecule is CC/C(=N\Cc1cccc(CC)c1CC)c1ccc(CC(C)C)c(C#N)c1. The minimum absolute atomic E-state index is 0.542. The smallest absolute Gasteiger partial charge is 0.0994 e. The summed E-state index contributed by atoms with van der Waals surface area (Å²) in [7, 11) is 0. The fourth-order valence-electron chi connectivity index (χ4n) is 3.69. The third kappa shape index (κ3) is 5.30. The third-order valence-corrected chi connectivity index (χ3v) is 5.07. The minimum Gasteiger partial charge on any atom is -0.284 e. The lowest BCUT2D eigenvalue weighted by molar-refractivity contribution is 0.646. The van der Waals surface area contributed by atoms with E-state index in [1.165, 1.54) is 16.7 Å². The van der Waals surface area contributed by atoms with Gasteiger partial charge in [-0.05, 0) is 65.5 Å². The van der Waals surface area contributed by atoms with E-state index in [1.54, 1.807) is 0 Å². The second kappa shape index (κ2) is 10.1. The van der Waals surface area contributed by atoms with Crippen LogP contribution in [0.25, 0.3) is 0 Å². The molecule has 0 atom stereocenters. The predicted molar refractivity (Wildman–Crippen MR) is 115 cm³/mol. The number of rotatable bonds is 8. The zero-order chi connectivity index (χ0) is 19.8. The molecule has 0 bridgehead atoms. The number of nitriles is 1. The first-order valence-electron chi connectivity index (χ1n) is 10.2. The Morgan fingerprint density at radius 3 is 2.33 bits per heavy atom. The molecule has 0 aliphatic carbocycles. The summed E-state index contributed by atoms with van der Waals surface area (Å²) in [6, 6.07) is 15.2. The molecule has 0 N–H and O–H groups in total. The van der Waals surface area contributed by atoms with E-state index in [9.17, 15) is 5.26 Å². The molecule has 0 saturated carbocycles. The molecule has 2 rings (SSSR count). The Morgan fingerprint density at radius 2 is 1.74 bits per heavy atom. The Labute approximate surface area is 165 Å². The Bertz CT molecular complexity index is 838. The summed E-state index contributed by atoms with van der Waals surface area (Å²) in [5, 5.41) is 9.55. The van der Waals surface area contributed by atoms with Crippen LogP contribution in [0.3, 0.4) is 0 Å². The summed E-state index contributed by atoms with van der Waals surface area (Å²) >= 11 is 0. The maximum Gasteiger partial charge on any atom is 0.0994 e. The molecular formula is C25H32N2. The van der Waals surface area contributed by atoms with Gasteiger partial charge in [-0.1, -0.05) is 65.0 Å². The first kappa shape index (κ1) is 20.9. The molecule has 2 heteroatoms. The van der Waals surface area contributed by atoms with E-state index < -0.39 is 0 Å². The number of nitrogens with zero attached hydrogens (tertiary/aromatic N) is 2. The zero-order valence-corrected chi connectivity index (χ0v) is 17.5. The summed E-state index contributed by atoms with van der Waals surface area (Å²) in [6.07, 6.45) is 3.90. The molecule has 142 valence electrons. The molecule has 2 aromatic rings. The van der Waals surface area contributed by atoms with Crippen LogP contribution in [0.15, 0.2) is 41.4 Å². The molecule has 27 heavy (non-hydrogen) atoms. The van der Waals surface area contributed by atoms with Crippen LogP contribution >= 0.6 is 0 Å².